The van der Waals surface area contributed by atoms with Gasteiger partial charge in [0.2, 0.25) is 0 Å². The molecule has 1 unspecified atom stereocenters. The molecule has 2 nitrogen and oxygen atoms in total. The van der Waals surface area contributed by atoms with Crippen molar-refractivity contribution in [2.45, 2.75) is 13.0 Å². The minimum atomic E-state index is -0.0514. The number of rotatable bonds is 1. The van der Waals surface area contributed by atoms with E-state index in [-0.39, 0.29) is 6.10 Å². The van der Waals surface area contributed by atoms with Crippen LogP contribution in [0, 0.1) is 0 Å². The van der Waals surface area contributed by atoms with Gasteiger partial charge in [0.1, 0.15) is 16.8 Å². The molecular formula is C13H11NOS2. The smallest absolute Gasteiger partial charge is 0.146 e. The molecule has 17 heavy (non-hydrogen) atoms. The fraction of sp³-hybridized carbons (Fsp3) is 0.154. The monoisotopic (exact) mass is 261 g/mol. The fourth-order valence-electron chi connectivity index (χ4n) is 1.82. The summed E-state index contributed by atoms with van der Waals surface area (Å²) in [6.45, 7) is 1.95. The van der Waals surface area contributed by atoms with E-state index in [1.807, 2.05) is 13.0 Å². The van der Waals surface area contributed by atoms with Gasteiger partial charge >= 0.3 is 0 Å². The molecule has 1 aliphatic rings. The SMILES string of the molecule is CC1Oc2ccc(-c3ccsc3)cc2NC1=S. The van der Waals surface area contributed by atoms with Crippen LogP contribution in [0.5, 0.6) is 5.75 Å². The molecule has 1 atom stereocenters. The minimum Gasteiger partial charge on any atom is -0.481 e. The second kappa shape index (κ2) is 4.13. The number of ether oxygens (including phenoxy) is 1. The van der Waals surface area contributed by atoms with Crippen LogP contribution in [0.4, 0.5) is 5.69 Å². The first-order chi connectivity index (χ1) is 8.24. The minimum absolute atomic E-state index is 0.0514. The topological polar surface area (TPSA) is 21.3 Å². The number of thiocarbonyl (C=S) groups is 1. The van der Waals surface area contributed by atoms with E-state index in [4.69, 9.17) is 17.0 Å². The van der Waals surface area contributed by atoms with E-state index in [0.29, 0.717) is 0 Å². The highest BCUT2D eigenvalue weighted by atomic mass is 32.1. The lowest BCUT2D eigenvalue weighted by molar-refractivity contribution is 0.286. The second-order valence-electron chi connectivity index (χ2n) is 3.97. The molecule has 2 heterocycles. The van der Waals surface area contributed by atoms with Gasteiger partial charge in [0, 0.05) is 0 Å². The third kappa shape index (κ3) is 1.94. The van der Waals surface area contributed by atoms with Crippen molar-refractivity contribution in [3.63, 3.8) is 0 Å². The van der Waals surface area contributed by atoms with Crippen molar-refractivity contribution in [3.8, 4) is 16.9 Å². The molecule has 4 heteroatoms. The van der Waals surface area contributed by atoms with Crippen molar-refractivity contribution in [1.29, 1.82) is 0 Å². The Bertz CT molecular complexity index is 563. The van der Waals surface area contributed by atoms with Crippen LogP contribution in [0.15, 0.2) is 35.0 Å². The molecule has 0 radical (unpaired) electrons. The van der Waals surface area contributed by atoms with Crippen LogP contribution in [-0.4, -0.2) is 11.1 Å². The zero-order valence-corrected chi connectivity index (χ0v) is 10.9. The third-order valence-corrected chi connectivity index (χ3v) is 3.88. The summed E-state index contributed by atoms with van der Waals surface area (Å²) in [5, 5.41) is 7.43. The second-order valence-corrected chi connectivity index (χ2v) is 5.19. The number of thiophene rings is 1. The molecule has 1 aromatic heterocycles. The molecule has 0 saturated carbocycles. The number of hydrogen-bond donors (Lipinski definition) is 1. The molecule has 0 spiro atoms. The predicted molar refractivity (Wildman–Crippen MR) is 76.1 cm³/mol. The molecule has 1 N–H and O–H groups in total. The van der Waals surface area contributed by atoms with Crippen LogP contribution in [0.2, 0.25) is 0 Å². The lowest BCUT2D eigenvalue weighted by Crippen LogP contribution is -2.32. The van der Waals surface area contributed by atoms with Gasteiger partial charge in [0.05, 0.1) is 5.69 Å². The molecule has 1 aromatic carbocycles. The van der Waals surface area contributed by atoms with Crippen molar-refractivity contribution in [2.24, 2.45) is 0 Å². The van der Waals surface area contributed by atoms with Crippen LogP contribution in [0.3, 0.4) is 0 Å². The Kier molecular flexibility index (Phi) is 2.61. The molecule has 0 aliphatic carbocycles. The molecular weight excluding hydrogens is 250 g/mol. The molecule has 0 fully saturated rings. The maximum Gasteiger partial charge on any atom is 0.146 e. The zero-order valence-electron chi connectivity index (χ0n) is 9.27. The summed E-state index contributed by atoms with van der Waals surface area (Å²) in [7, 11) is 0. The number of fused-ring (bicyclic) bond motifs is 1. The summed E-state index contributed by atoms with van der Waals surface area (Å²) < 4.78 is 5.72. The van der Waals surface area contributed by atoms with E-state index in [9.17, 15) is 0 Å². The van der Waals surface area contributed by atoms with Crippen molar-refractivity contribution in [2.75, 3.05) is 5.32 Å². The van der Waals surface area contributed by atoms with Gasteiger partial charge in [-0.25, -0.2) is 0 Å². The average Bonchev–Trinajstić information content (AvgIpc) is 2.83. The van der Waals surface area contributed by atoms with Gasteiger partial charge in [-0.15, -0.1) is 0 Å². The van der Waals surface area contributed by atoms with E-state index in [1.54, 1.807) is 11.3 Å². The third-order valence-electron chi connectivity index (χ3n) is 2.76. The van der Waals surface area contributed by atoms with Crippen molar-refractivity contribution >= 4 is 34.2 Å². The Morgan fingerprint density at radius 1 is 1.29 bits per heavy atom. The number of benzene rings is 1. The van der Waals surface area contributed by atoms with Crippen LogP contribution < -0.4 is 10.1 Å². The first-order valence-corrected chi connectivity index (χ1v) is 6.73. The normalized spacial score (nSPS) is 18.2. The quantitative estimate of drug-likeness (QED) is 0.786. The summed E-state index contributed by atoms with van der Waals surface area (Å²) in [6, 6.07) is 8.25. The fourth-order valence-corrected chi connectivity index (χ4v) is 2.64. The Balaban J connectivity index is 2.02. The molecule has 0 bridgehead atoms. The maximum atomic E-state index is 5.72. The number of nitrogens with one attached hydrogen (secondary N) is 1. The highest BCUT2D eigenvalue weighted by Crippen LogP contribution is 2.34. The Hall–Kier alpha value is -1.39. The first kappa shape index (κ1) is 10.7. The lowest BCUT2D eigenvalue weighted by atomic mass is 10.1. The van der Waals surface area contributed by atoms with Gasteiger partial charge in [-0.2, -0.15) is 11.3 Å². The van der Waals surface area contributed by atoms with E-state index >= 15 is 0 Å². The van der Waals surface area contributed by atoms with E-state index in [1.165, 1.54) is 11.1 Å². The van der Waals surface area contributed by atoms with Gasteiger partial charge in [-0.05, 0) is 47.0 Å². The largest absolute Gasteiger partial charge is 0.481 e. The van der Waals surface area contributed by atoms with Gasteiger partial charge in [0.15, 0.2) is 0 Å². The molecule has 0 saturated heterocycles. The molecule has 2 aromatic rings. The Morgan fingerprint density at radius 3 is 2.94 bits per heavy atom. The number of hydrogen-bond acceptors (Lipinski definition) is 3. The van der Waals surface area contributed by atoms with Crippen molar-refractivity contribution < 1.29 is 4.74 Å². The summed E-state index contributed by atoms with van der Waals surface area (Å²) in [6.07, 6.45) is -0.0514. The van der Waals surface area contributed by atoms with Crippen LogP contribution in [-0.2, 0) is 0 Å². The molecule has 0 amide bonds. The average molecular weight is 261 g/mol. The van der Waals surface area contributed by atoms with E-state index in [2.05, 4.69) is 34.3 Å². The summed E-state index contributed by atoms with van der Waals surface area (Å²) in [4.78, 5) is 0.736. The highest BCUT2D eigenvalue weighted by molar-refractivity contribution is 7.80. The van der Waals surface area contributed by atoms with E-state index in [0.717, 1.165) is 16.4 Å². The van der Waals surface area contributed by atoms with Crippen molar-refractivity contribution in [3.05, 3.63) is 35.0 Å². The summed E-state index contributed by atoms with van der Waals surface area (Å²) >= 11 is 6.91. The van der Waals surface area contributed by atoms with Gasteiger partial charge in [-0.1, -0.05) is 18.3 Å². The number of anilines is 1. The highest BCUT2D eigenvalue weighted by Gasteiger charge is 2.20. The summed E-state index contributed by atoms with van der Waals surface area (Å²) in [5.74, 6) is 0.866. The lowest BCUT2D eigenvalue weighted by Gasteiger charge is -2.25. The molecule has 3 rings (SSSR count). The first-order valence-electron chi connectivity index (χ1n) is 5.38. The Labute approximate surface area is 109 Å². The van der Waals surface area contributed by atoms with Gasteiger partial charge < -0.3 is 10.1 Å². The van der Waals surface area contributed by atoms with Crippen molar-refractivity contribution in [1.82, 2.24) is 0 Å². The Morgan fingerprint density at radius 2 is 2.18 bits per heavy atom. The predicted octanol–water partition coefficient (Wildman–Crippen LogP) is 3.94. The van der Waals surface area contributed by atoms with Gasteiger partial charge in [0.25, 0.3) is 0 Å². The van der Waals surface area contributed by atoms with Gasteiger partial charge in [-0.3, -0.25) is 0 Å². The van der Waals surface area contributed by atoms with Crippen LogP contribution >= 0.6 is 23.6 Å². The standard InChI is InChI=1S/C13H11NOS2/c1-8-13(16)14-11-6-9(2-3-12(11)15-8)10-4-5-17-7-10/h2-8H,1H3,(H,14,16). The summed E-state index contributed by atoms with van der Waals surface area (Å²) in [5.41, 5.74) is 3.36. The van der Waals surface area contributed by atoms with E-state index < -0.39 is 0 Å². The van der Waals surface area contributed by atoms with Crippen LogP contribution in [0.1, 0.15) is 6.92 Å². The molecule has 1 aliphatic heterocycles. The zero-order chi connectivity index (χ0) is 11.8. The van der Waals surface area contributed by atoms with Crippen LogP contribution in [0.25, 0.3) is 11.1 Å². The maximum absolute atomic E-state index is 5.72. The molecule has 86 valence electrons.